The van der Waals surface area contributed by atoms with Crippen LogP contribution in [0.5, 0.6) is 0 Å². The normalized spacial score (nSPS) is 11.1. The summed E-state index contributed by atoms with van der Waals surface area (Å²) in [5.41, 5.74) is 2.29. The van der Waals surface area contributed by atoms with Crippen LogP contribution in [0.1, 0.15) is 0 Å². The molecule has 0 heterocycles. The van der Waals surface area contributed by atoms with E-state index in [0.29, 0.717) is 26.4 Å². The lowest BCUT2D eigenvalue weighted by Crippen LogP contribution is -2.15. The Labute approximate surface area is 177 Å². The summed E-state index contributed by atoms with van der Waals surface area (Å²) in [4.78, 5) is 0. The first-order chi connectivity index (χ1) is 14.9. The van der Waals surface area contributed by atoms with Gasteiger partial charge in [-0.05, 0) is 22.9 Å². The van der Waals surface area contributed by atoms with Crippen LogP contribution in [0.15, 0.2) is 84.9 Å². The smallest absolute Gasteiger partial charge is 0.0701 e. The molecule has 4 rings (SSSR count). The summed E-state index contributed by atoms with van der Waals surface area (Å²) < 4.78 is 11.4. The van der Waals surface area contributed by atoms with Crippen molar-refractivity contribution in [2.24, 2.45) is 0 Å². The number of nitrogens with one attached hydrogen (secondary N) is 2. The molecule has 0 spiro atoms. The van der Waals surface area contributed by atoms with Crippen molar-refractivity contribution in [2.45, 2.75) is 0 Å². The Bertz CT molecular complexity index is 983. The van der Waals surface area contributed by atoms with Gasteiger partial charge < -0.3 is 20.1 Å². The van der Waals surface area contributed by atoms with Crippen molar-refractivity contribution in [1.29, 1.82) is 0 Å². The van der Waals surface area contributed by atoms with Crippen molar-refractivity contribution < 1.29 is 9.47 Å². The molecule has 0 saturated heterocycles. The number of ether oxygens (including phenoxy) is 2. The fourth-order valence-corrected chi connectivity index (χ4v) is 3.60. The minimum atomic E-state index is 0.603. The average molecular weight is 401 g/mol. The minimum Gasteiger partial charge on any atom is -0.382 e. The van der Waals surface area contributed by atoms with Crippen LogP contribution in [-0.4, -0.2) is 39.5 Å². The largest absolute Gasteiger partial charge is 0.382 e. The van der Waals surface area contributed by atoms with Gasteiger partial charge in [0.15, 0.2) is 0 Å². The Kier molecular flexibility index (Phi) is 7.16. The molecule has 0 fully saturated rings. The van der Waals surface area contributed by atoms with E-state index in [4.69, 9.17) is 9.47 Å². The third-order valence-corrected chi connectivity index (χ3v) is 5.07. The van der Waals surface area contributed by atoms with Gasteiger partial charge in [-0.3, -0.25) is 0 Å². The molecule has 30 heavy (non-hydrogen) atoms. The van der Waals surface area contributed by atoms with E-state index in [9.17, 15) is 0 Å². The Morgan fingerprint density at radius 2 is 0.900 bits per heavy atom. The summed E-state index contributed by atoms with van der Waals surface area (Å²) in [5, 5.41) is 11.9. The van der Waals surface area contributed by atoms with Crippen LogP contribution in [0, 0.1) is 0 Å². The fraction of sp³-hybridized carbons (Fsp3) is 0.231. The van der Waals surface area contributed by atoms with Gasteiger partial charge in [-0.1, -0.05) is 72.8 Å². The van der Waals surface area contributed by atoms with Crippen molar-refractivity contribution in [1.82, 2.24) is 0 Å². The van der Waals surface area contributed by atoms with Gasteiger partial charge in [0.05, 0.1) is 26.4 Å². The molecule has 0 aliphatic heterocycles. The van der Waals surface area contributed by atoms with Crippen LogP contribution in [0.4, 0.5) is 11.4 Å². The van der Waals surface area contributed by atoms with E-state index in [-0.39, 0.29) is 0 Å². The fourth-order valence-electron chi connectivity index (χ4n) is 3.60. The first kappa shape index (κ1) is 20.2. The molecule has 0 saturated carbocycles. The lowest BCUT2D eigenvalue weighted by Gasteiger charge is -2.11. The summed E-state index contributed by atoms with van der Waals surface area (Å²) in [6.07, 6.45) is 0. The van der Waals surface area contributed by atoms with Crippen molar-refractivity contribution in [3.63, 3.8) is 0 Å². The number of hydrogen-bond donors (Lipinski definition) is 2. The molecule has 0 bridgehead atoms. The highest BCUT2D eigenvalue weighted by molar-refractivity contribution is 5.94. The van der Waals surface area contributed by atoms with Crippen LogP contribution >= 0.6 is 0 Å². The zero-order valence-electron chi connectivity index (χ0n) is 17.1. The monoisotopic (exact) mass is 400 g/mol. The molecule has 4 aromatic rings. The third-order valence-electron chi connectivity index (χ3n) is 5.07. The maximum atomic E-state index is 5.68. The molecule has 4 heteroatoms. The maximum Gasteiger partial charge on any atom is 0.0701 e. The van der Waals surface area contributed by atoms with Crippen molar-refractivity contribution in [2.75, 3.05) is 50.2 Å². The second-order valence-electron chi connectivity index (χ2n) is 7.13. The molecule has 0 unspecified atom stereocenters. The Hall–Kier alpha value is -3.08. The van der Waals surface area contributed by atoms with Crippen LogP contribution in [0.3, 0.4) is 0 Å². The summed E-state index contributed by atoms with van der Waals surface area (Å²) in [5.74, 6) is 0. The van der Waals surface area contributed by atoms with E-state index in [0.717, 1.165) is 24.5 Å². The van der Waals surface area contributed by atoms with Crippen molar-refractivity contribution >= 4 is 32.9 Å². The molecular formula is C26H28N2O2. The highest BCUT2D eigenvalue weighted by Gasteiger charge is 2.00. The van der Waals surface area contributed by atoms with Gasteiger partial charge >= 0.3 is 0 Å². The van der Waals surface area contributed by atoms with Gasteiger partial charge in [0.25, 0.3) is 0 Å². The van der Waals surface area contributed by atoms with Crippen molar-refractivity contribution in [3.8, 4) is 0 Å². The Morgan fingerprint density at radius 1 is 0.467 bits per heavy atom. The van der Waals surface area contributed by atoms with E-state index < -0.39 is 0 Å². The standard InChI is InChI=1S/C26H28N2O2/c1-3-11-23-21(7-1)9-5-13-25(23)27-15-17-29-19-20-30-18-16-28-26-14-6-10-22-8-2-4-12-24(22)26/h1-14,27-28H,15-20H2. The number of benzene rings is 4. The Morgan fingerprint density at radius 3 is 1.40 bits per heavy atom. The minimum absolute atomic E-state index is 0.603. The Balaban J connectivity index is 1.08. The number of hydrogen-bond acceptors (Lipinski definition) is 4. The second kappa shape index (κ2) is 10.6. The lowest BCUT2D eigenvalue weighted by atomic mass is 10.1. The first-order valence-corrected chi connectivity index (χ1v) is 10.5. The lowest BCUT2D eigenvalue weighted by molar-refractivity contribution is 0.0557. The topological polar surface area (TPSA) is 42.5 Å². The van der Waals surface area contributed by atoms with Gasteiger partial charge in [-0.2, -0.15) is 0 Å². The first-order valence-electron chi connectivity index (χ1n) is 10.5. The molecular weight excluding hydrogens is 372 g/mol. The average Bonchev–Trinajstić information content (AvgIpc) is 2.80. The zero-order chi connectivity index (χ0) is 20.4. The van der Waals surface area contributed by atoms with Crippen molar-refractivity contribution in [3.05, 3.63) is 84.9 Å². The number of fused-ring (bicyclic) bond motifs is 2. The predicted octanol–water partition coefficient (Wildman–Crippen LogP) is 5.55. The van der Waals surface area contributed by atoms with Gasteiger partial charge in [0, 0.05) is 35.2 Å². The van der Waals surface area contributed by atoms with Gasteiger partial charge in [-0.25, -0.2) is 0 Å². The quantitative estimate of drug-likeness (QED) is 0.324. The van der Waals surface area contributed by atoms with E-state index in [1.807, 2.05) is 0 Å². The highest BCUT2D eigenvalue weighted by Crippen LogP contribution is 2.23. The predicted molar refractivity (Wildman–Crippen MR) is 127 cm³/mol. The molecule has 4 nitrogen and oxygen atoms in total. The van der Waals surface area contributed by atoms with E-state index >= 15 is 0 Å². The second-order valence-corrected chi connectivity index (χ2v) is 7.13. The summed E-state index contributed by atoms with van der Waals surface area (Å²) in [6.45, 7) is 4.06. The van der Waals surface area contributed by atoms with Gasteiger partial charge in [0.1, 0.15) is 0 Å². The number of anilines is 2. The molecule has 0 amide bonds. The van der Waals surface area contributed by atoms with Gasteiger partial charge in [-0.15, -0.1) is 0 Å². The molecule has 0 radical (unpaired) electrons. The van der Waals surface area contributed by atoms with E-state index in [1.54, 1.807) is 0 Å². The molecule has 154 valence electrons. The summed E-state index contributed by atoms with van der Waals surface area (Å²) >= 11 is 0. The van der Waals surface area contributed by atoms with Crippen LogP contribution < -0.4 is 10.6 Å². The van der Waals surface area contributed by atoms with Crippen LogP contribution in [0.25, 0.3) is 21.5 Å². The van der Waals surface area contributed by atoms with Gasteiger partial charge in [0.2, 0.25) is 0 Å². The van der Waals surface area contributed by atoms with E-state index in [2.05, 4.69) is 95.6 Å². The number of rotatable bonds is 11. The third kappa shape index (κ3) is 5.29. The molecule has 0 atom stereocenters. The molecule has 4 aromatic carbocycles. The van der Waals surface area contributed by atoms with Crippen LogP contribution in [-0.2, 0) is 9.47 Å². The zero-order valence-corrected chi connectivity index (χ0v) is 17.1. The maximum absolute atomic E-state index is 5.68. The van der Waals surface area contributed by atoms with E-state index in [1.165, 1.54) is 21.5 Å². The van der Waals surface area contributed by atoms with Crippen LogP contribution in [0.2, 0.25) is 0 Å². The SMILES string of the molecule is c1ccc2c(NCCOCCOCCNc3cccc4ccccc34)cccc2c1. The molecule has 0 aliphatic carbocycles. The summed E-state index contributed by atoms with van der Waals surface area (Å²) in [7, 11) is 0. The molecule has 0 aliphatic rings. The molecule has 0 aromatic heterocycles. The summed E-state index contributed by atoms with van der Waals surface area (Å²) in [6, 6.07) is 29.4. The highest BCUT2D eigenvalue weighted by atomic mass is 16.5. The molecule has 2 N–H and O–H groups in total.